The van der Waals surface area contributed by atoms with Crippen molar-refractivity contribution in [2.75, 3.05) is 0 Å². The Bertz CT molecular complexity index is 821. The topological polar surface area (TPSA) is 95.9 Å². The number of hydrogen-bond acceptors (Lipinski definition) is 7. The maximum Gasteiger partial charge on any atom is 0.340 e. The van der Waals surface area contributed by atoms with Gasteiger partial charge in [-0.1, -0.05) is 0 Å². The van der Waals surface area contributed by atoms with Crippen LogP contribution in [0.4, 0.5) is 0 Å². The third kappa shape index (κ3) is 2.67. The molecule has 0 N–H and O–H groups in total. The van der Waals surface area contributed by atoms with Crippen LogP contribution in [-0.4, -0.2) is 30.9 Å². The molecule has 0 unspecified atom stereocenters. The number of esters is 1. The Balaban J connectivity index is 1.76. The first-order chi connectivity index (χ1) is 10.5. The van der Waals surface area contributed by atoms with Crippen molar-refractivity contribution in [1.29, 1.82) is 0 Å². The van der Waals surface area contributed by atoms with E-state index in [4.69, 9.17) is 9.15 Å². The molecule has 0 atom stereocenters. The zero-order valence-electron chi connectivity index (χ0n) is 12.5. The van der Waals surface area contributed by atoms with Gasteiger partial charge in [0.05, 0.1) is 11.8 Å². The summed E-state index contributed by atoms with van der Waals surface area (Å²) >= 11 is 0. The van der Waals surface area contributed by atoms with Gasteiger partial charge in [-0.05, 0) is 19.9 Å². The van der Waals surface area contributed by atoms with Crippen molar-refractivity contribution < 1.29 is 13.9 Å². The lowest BCUT2D eigenvalue weighted by atomic mass is 10.2. The minimum atomic E-state index is -0.498. The fourth-order valence-electron chi connectivity index (χ4n) is 2.04. The molecule has 3 aromatic heterocycles. The summed E-state index contributed by atoms with van der Waals surface area (Å²) in [5.74, 6) is 0.185. The van der Waals surface area contributed by atoms with E-state index >= 15 is 0 Å². The highest BCUT2D eigenvalue weighted by Crippen LogP contribution is 2.17. The Morgan fingerprint density at radius 3 is 2.86 bits per heavy atom. The first-order valence-electron chi connectivity index (χ1n) is 6.84. The highest BCUT2D eigenvalue weighted by atomic mass is 16.5. The van der Waals surface area contributed by atoms with E-state index in [1.807, 2.05) is 13.8 Å². The number of carbonyl (C=O) groups is 1. The van der Waals surface area contributed by atoms with Gasteiger partial charge in [0.15, 0.2) is 12.3 Å². The summed E-state index contributed by atoms with van der Waals surface area (Å²) in [6, 6.07) is 1.90. The molecule has 8 nitrogen and oxygen atoms in total. The Morgan fingerprint density at radius 1 is 1.36 bits per heavy atom. The molecular weight excluding hydrogens is 286 g/mol. The molecule has 0 aliphatic heterocycles. The van der Waals surface area contributed by atoms with Crippen LogP contribution in [-0.2, 0) is 11.3 Å². The summed E-state index contributed by atoms with van der Waals surface area (Å²) in [6.45, 7) is 5.64. The smallest absolute Gasteiger partial charge is 0.340 e. The molecule has 0 saturated carbocycles. The van der Waals surface area contributed by atoms with Gasteiger partial charge in [-0.3, -0.25) is 0 Å². The molecular formula is C14H15N5O3. The van der Waals surface area contributed by atoms with Crippen LogP contribution in [0, 0.1) is 6.92 Å². The molecule has 8 heteroatoms. The maximum absolute atomic E-state index is 12.0. The number of nitrogens with zero attached hydrogens (tertiary/aromatic N) is 5. The van der Waals surface area contributed by atoms with E-state index in [0.717, 1.165) is 11.0 Å². The Kier molecular flexibility index (Phi) is 3.58. The van der Waals surface area contributed by atoms with Gasteiger partial charge in [-0.2, -0.15) is 5.10 Å². The SMILES string of the molecule is Cc1nnc(COC(=O)c2cnc3c(cnn3C(C)C)c2)o1. The molecule has 0 radical (unpaired) electrons. The minimum Gasteiger partial charge on any atom is -0.452 e. The fraction of sp³-hybridized carbons (Fsp3) is 0.357. The van der Waals surface area contributed by atoms with E-state index in [1.54, 1.807) is 23.9 Å². The van der Waals surface area contributed by atoms with Crippen LogP contribution in [0.15, 0.2) is 22.9 Å². The Labute approximate surface area is 126 Å². The first-order valence-corrected chi connectivity index (χ1v) is 6.84. The summed E-state index contributed by atoms with van der Waals surface area (Å²) in [4.78, 5) is 16.3. The molecule has 0 amide bonds. The average Bonchev–Trinajstić information content (AvgIpc) is 3.09. The number of pyridine rings is 1. The second-order valence-corrected chi connectivity index (χ2v) is 5.11. The predicted molar refractivity (Wildman–Crippen MR) is 76.1 cm³/mol. The van der Waals surface area contributed by atoms with Gasteiger partial charge < -0.3 is 9.15 Å². The molecule has 0 aliphatic carbocycles. The molecule has 0 aromatic carbocycles. The van der Waals surface area contributed by atoms with Crippen LogP contribution in [0.2, 0.25) is 0 Å². The molecule has 0 bridgehead atoms. The normalized spacial score (nSPS) is 11.3. The first kappa shape index (κ1) is 14.2. The molecule has 0 fully saturated rings. The molecule has 0 spiro atoms. The van der Waals surface area contributed by atoms with Gasteiger partial charge in [0, 0.05) is 24.5 Å². The lowest BCUT2D eigenvalue weighted by Gasteiger charge is -2.06. The van der Waals surface area contributed by atoms with E-state index in [9.17, 15) is 4.79 Å². The average molecular weight is 301 g/mol. The minimum absolute atomic E-state index is 0.0665. The molecule has 22 heavy (non-hydrogen) atoms. The number of hydrogen-bond donors (Lipinski definition) is 0. The van der Waals surface area contributed by atoms with Crippen LogP contribution in [0.3, 0.4) is 0 Å². The van der Waals surface area contributed by atoms with E-state index in [2.05, 4.69) is 20.3 Å². The Morgan fingerprint density at radius 2 is 2.18 bits per heavy atom. The highest BCUT2D eigenvalue weighted by Gasteiger charge is 2.14. The largest absolute Gasteiger partial charge is 0.452 e. The third-order valence-corrected chi connectivity index (χ3v) is 3.05. The molecule has 3 rings (SSSR count). The zero-order valence-corrected chi connectivity index (χ0v) is 12.5. The van der Waals surface area contributed by atoms with Gasteiger partial charge in [0.2, 0.25) is 5.89 Å². The van der Waals surface area contributed by atoms with Crippen LogP contribution >= 0.6 is 0 Å². The summed E-state index contributed by atoms with van der Waals surface area (Å²) in [5, 5.41) is 12.5. The van der Waals surface area contributed by atoms with E-state index < -0.39 is 5.97 Å². The summed E-state index contributed by atoms with van der Waals surface area (Å²) in [5.41, 5.74) is 1.09. The second kappa shape index (κ2) is 5.55. The number of rotatable bonds is 4. The highest BCUT2D eigenvalue weighted by molar-refractivity contribution is 5.92. The van der Waals surface area contributed by atoms with Crippen molar-refractivity contribution in [2.45, 2.75) is 33.4 Å². The molecule has 3 aromatic rings. The second-order valence-electron chi connectivity index (χ2n) is 5.11. The van der Waals surface area contributed by atoms with E-state index in [0.29, 0.717) is 11.5 Å². The van der Waals surface area contributed by atoms with Crippen molar-refractivity contribution in [1.82, 2.24) is 25.0 Å². The van der Waals surface area contributed by atoms with Crippen LogP contribution in [0.25, 0.3) is 11.0 Å². The van der Waals surface area contributed by atoms with Crippen LogP contribution in [0.1, 0.15) is 42.0 Å². The number of carbonyl (C=O) groups excluding carboxylic acids is 1. The van der Waals surface area contributed by atoms with Gasteiger partial charge in [0.25, 0.3) is 5.89 Å². The van der Waals surface area contributed by atoms with Gasteiger partial charge in [-0.25, -0.2) is 14.5 Å². The third-order valence-electron chi connectivity index (χ3n) is 3.05. The molecule has 114 valence electrons. The van der Waals surface area contributed by atoms with Gasteiger partial charge in [0.1, 0.15) is 0 Å². The number of ether oxygens (including phenoxy) is 1. The van der Waals surface area contributed by atoms with Crippen LogP contribution < -0.4 is 0 Å². The van der Waals surface area contributed by atoms with E-state index in [-0.39, 0.29) is 18.5 Å². The predicted octanol–water partition coefficient (Wildman–Crippen LogP) is 2.06. The van der Waals surface area contributed by atoms with Crippen molar-refractivity contribution in [3.8, 4) is 0 Å². The van der Waals surface area contributed by atoms with Crippen molar-refractivity contribution in [3.05, 3.63) is 35.8 Å². The summed E-state index contributed by atoms with van der Waals surface area (Å²) < 4.78 is 12.1. The molecule has 0 saturated heterocycles. The summed E-state index contributed by atoms with van der Waals surface area (Å²) in [7, 11) is 0. The standard InChI is InChI=1S/C14H15N5O3/c1-8(2)19-13-10(6-16-19)4-11(5-15-13)14(20)21-7-12-18-17-9(3)22-12/h4-6,8H,7H2,1-3H3. The van der Waals surface area contributed by atoms with E-state index in [1.165, 1.54) is 6.20 Å². The quantitative estimate of drug-likeness (QED) is 0.680. The van der Waals surface area contributed by atoms with Crippen molar-refractivity contribution in [3.63, 3.8) is 0 Å². The maximum atomic E-state index is 12.0. The molecule has 0 aliphatic rings. The molecule has 3 heterocycles. The van der Waals surface area contributed by atoms with Crippen LogP contribution in [0.5, 0.6) is 0 Å². The lowest BCUT2D eigenvalue weighted by molar-refractivity contribution is 0.0436. The lowest BCUT2D eigenvalue weighted by Crippen LogP contribution is -2.07. The number of aromatic nitrogens is 5. The van der Waals surface area contributed by atoms with Crippen molar-refractivity contribution >= 4 is 17.0 Å². The van der Waals surface area contributed by atoms with Gasteiger partial charge in [-0.15, -0.1) is 10.2 Å². The number of fused-ring (bicyclic) bond motifs is 1. The monoisotopic (exact) mass is 301 g/mol. The fourth-order valence-corrected chi connectivity index (χ4v) is 2.04. The Hall–Kier alpha value is -2.77. The van der Waals surface area contributed by atoms with Gasteiger partial charge >= 0.3 is 5.97 Å². The summed E-state index contributed by atoms with van der Waals surface area (Å²) in [6.07, 6.45) is 3.16. The zero-order chi connectivity index (χ0) is 15.7. The van der Waals surface area contributed by atoms with Crippen molar-refractivity contribution in [2.24, 2.45) is 0 Å². The number of aryl methyl sites for hydroxylation is 1.